The Kier molecular flexibility index (Phi) is 4.66. The van der Waals surface area contributed by atoms with Gasteiger partial charge in [0.25, 0.3) is 0 Å². The largest absolute Gasteiger partial charge is 0.342 e. The second-order valence-electron chi connectivity index (χ2n) is 7.51. The Labute approximate surface area is 154 Å². The van der Waals surface area contributed by atoms with Crippen molar-refractivity contribution in [1.29, 1.82) is 0 Å². The van der Waals surface area contributed by atoms with E-state index in [1.54, 1.807) is 6.33 Å². The molecular weight excluding hydrogens is 326 g/mol. The van der Waals surface area contributed by atoms with Crippen LogP contribution in [0, 0.1) is 5.41 Å². The average Bonchev–Trinajstić information content (AvgIpc) is 3.36. The molecule has 2 aromatic rings. The molecule has 0 radical (unpaired) electrons. The molecule has 0 aliphatic carbocycles. The van der Waals surface area contributed by atoms with Gasteiger partial charge in [-0.3, -0.25) is 4.79 Å². The van der Waals surface area contributed by atoms with Crippen LogP contribution in [-0.4, -0.2) is 51.8 Å². The summed E-state index contributed by atoms with van der Waals surface area (Å²) in [7, 11) is 0. The fraction of sp³-hybridized carbons (Fsp3) is 0.550. The third kappa shape index (κ3) is 3.08. The van der Waals surface area contributed by atoms with Gasteiger partial charge in [0.2, 0.25) is 11.9 Å². The molecule has 0 saturated carbocycles. The van der Waals surface area contributed by atoms with Crippen LogP contribution in [0.5, 0.6) is 0 Å². The number of carbonyl (C=O) groups excluding carboxylic acids is 1. The zero-order chi connectivity index (χ0) is 18.0. The molecule has 6 heteroatoms. The number of benzene rings is 1. The van der Waals surface area contributed by atoms with Crippen LogP contribution in [0.4, 0.5) is 5.95 Å². The minimum Gasteiger partial charge on any atom is -0.342 e. The number of rotatable bonds is 6. The van der Waals surface area contributed by atoms with Crippen molar-refractivity contribution in [2.24, 2.45) is 5.41 Å². The predicted molar refractivity (Wildman–Crippen MR) is 101 cm³/mol. The number of likely N-dealkylation sites (tertiary alicyclic amines) is 1. The van der Waals surface area contributed by atoms with Gasteiger partial charge >= 0.3 is 0 Å². The Morgan fingerprint density at radius 2 is 1.92 bits per heavy atom. The molecule has 2 fully saturated rings. The van der Waals surface area contributed by atoms with Gasteiger partial charge in [-0.15, -0.1) is 0 Å². The maximum atomic E-state index is 13.1. The molecule has 1 unspecified atom stereocenters. The molecule has 2 saturated heterocycles. The van der Waals surface area contributed by atoms with Gasteiger partial charge < -0.3 is 9.80 Å². The van der Waals surface area contributed by atoms with Gasteiger partial charge in [-0.05, 0) is 31.2 Å². The van der Waals surface area contributed by atoms with E-state index >= 15 is 0 Å². The number of amides is 1. The lowest BCUT2D eigenvalue weighted by Gasteiger charge is -2.24. The van der Waals surface area contributed by atoms with Gasteiger partial charge in [-0.1, -0.05) is 37.3 Å². The number of hydrogen-bond donors (Lipinski definition) is 0. The lowest BCUT2D eigenvalue weighted by atomic mass is 9.85. The van der Waals surface area contributed by atoms with E-state index < -0.39 is 0 Å². The number of aryl methyl sites for hydroxylation is 1. The van der Waals surface area contributed by atoms with E-state index in [4.69, 9.17) is 0 Å². The highest BCUT2D eigenvalue weighted by Crippen LogP contribution is 2.41. The van der Waals surface area contributed by atoms with E-state index in [1.807, 2.05) is 10.7 Å². The smallest absolute Gasteiger partial charge is 0.230 e. The van der Waals surface area contributed by atoms with Crippen LogP contribution < -0.4 is 4.90 Å². The van der Waals surface area contributed by atoms with Crippen molar-refractivity contribution in [2.75, 3.05) is 31.1 Å². The van der Waals surface area contributed by atoms with Crippen LogP contribution in [0.25, 0.3) is 0 Å². The summed E-state index contributed by atoms with van der Waals surface area (Å²) in [6, 6.07) is 10.4. The molecule has 1 atom stereocenters. The summed E-state index contributed by atoms with van der Waals surface area (Å²) in [5.41, 5.74) is 1.07. The van der Waals surface area contributed by atoms with Gasteiger partial charge in [0.05, 0.1) is 5.41 Å². The molecule has 0 N–H and O–H groups in total. The van der Waals surface area contributed by atoms with Gasteiger partial charge in [0, 0.05) is 32.7 Å². The minimum absolute atomic E-state index is 0.223. The molecule has 1 spiro atoms. The Hall–Kier alpha value is -2.37. The van der Waals surface area contributed by atoms with E-state index in [-0.39, 0.29) is 5.41 Å². The van der Waals surface area contributed by atoms with Crippen LogP contribution in [0.2, 0.25) is 0 Å². The fourth-order valence-corrected chi connectivity index (χ4v) is 4.31. The third-order valence-electron chi connectivity index (χ3n) is 5.78. The number of nitrogens with zero attached hydrogens (tertiary/aromatic N) is 5. The lowest BCUT2D eigenvalue weighted by molar-refractivity contribution is -0.135. The molecule has 138 valence electrons. The normalized spacial score (nSPS) is 22.7. The highest BCUT2D eigenvalue weighted by molar-refractivity contribution is 5.86. The van der Waals surface area contributed by atoms with Crippen LogP contribution >= 0.6 is 0 Å². The minimum atomic E-state index is -0.223. The monoisotopic (exact) mass is 353 g/mol. The second kappa shape index (κ2) is 7.09. The Balaban J connectivity index is 1.40. The quantitative estimate of drug-likeness (QED) is 0.800. The summed E-state index contributed by atoms with van der Waals surface area (Å²) in [4.78, 5) is 21.9. The first-order valence-corrected chi connectivity index (χ1v) is 9.68. The SMILES string of the molecule is CCCn1ncnc1N1CCC2(CCN(CCc3ccccc3)C2=O)C1. The highest BCUT2D eigenvalue weighted by atomic mass is 16.2. The molecule has 3 heterocycles. The molecular formula is C20H27N5O. The topological polar surface area (TPSA) is 54.3 Å². The Morgan fingerprint density at radius 3 is 2.73 bits per heavy atom. The first-order valence-electron chi connectivity index (χ1n) is 9.68. The summed E-state index contributed by atoms with van der Waals surface area (Å²) in [5.74, 6) is 1.25. The molecule has 1 aromatic heterocycles. The molecule has 1 aromatic carbocycles. The summed E-state index contributed by atoms with van der Waals surface area (Å²) >= 11 is 0. The van der Waals surface area contributed by atoms with Crippen molar-refractivity contribution in [3.63, 3.8) is 0 Å². The zero-order valence-corrected chi connectivity index (χ0v) is 15.5. The number of carbonyl (C=O) groups is 1. The Morgan fingerprint density at radius 1 is 1.12 bits per heavy atom. The average molecular weight is 353 g/mol. The summed E-state index contributed by atoms with van der Waals surface area (Å²) in [6.45, 7) is 6.37. The molecule has 2 aliphatic rings. The van der Waals surface area contributed by atoms with E-state index in [0.29, 0.717) is 5.91 Å². The lowest BCUT2D eigenvalue weighted by Crippen LogP contribution is -2.38. The predicted octanol–water partition coefficient (Wildman–Crippen LogP) is 2.36. The van der Waals surface area contributed by atoms with Crippen molar-refractivity contribution < 1.29 is 4.79 Å². The Bertz CT molecular complexity index is 759. The summed E-state index contributed by atoms with van der Waals surface area (Å²) in [6.07, 6.45) is 5.46. The van der Waals surface area contributed by atoms with E-state index in [9.17, 15) is 4.79 Å². The molecule has 4 rings (SSSR count). The maximum Gasteiger partial charge on any atom is 0.230 e. The first kappa shape index (κ1) is 17.1. The first-order chi connectivity index (χ1) is 12.7. The van der Waals surface area contributed by atoms with Crippen molar-refractivity contribution in [1.82, 2.24) is 19.7 Å². The van der Waals surface area contributed by atoms with Crippen molar-refractivity contribution >= 4 is 11.9 Å². The van der Waals surface area contributed by atoms with Crippen LogP contribution in [0.1, 0.15) is 31.7 Å². The molecule has 2 aliphatic heterocycles. The highest BCUT2D eigenvalue weighted by Gasteiger charge is 2.51. The second-order valence-corrected chi connectivity index (χ2v) is 7.51. The van der Waals surface area contributed by atoms with Crippen molar-refractivity contribution in [2.45, 2.75) is 39.2 Å². The maximum absolute atomic E-state index is 13.1. The fourth-order valence-electron chi connectivity index (χ4n) is 4.31. The van der Waals surface area contributed by atoms with Crippen LogP contribution in [0.15, 0.2) is 36.7 Å². The molecule has 1 amide bonds. The van der Waals surface area contributed by atoms with E-state index in [0.717, 1.165) is 64.4 Å². The number of anilines is 1. The standard InChI is InChI=1S/C20H27N5O/c1-2-11-25-19(21-16-22-25)24-14-10-20(15-24)9-13-23(18(20)26)12-8-17-6-4-3-5-7-17/h3-7,16H,2,8-15H2,1H3. The number of aromatic nitrogens is 3. The third-order valence-corrected chi connectivity index (χ3v) is 5.78. The van der Waals surface area contributed by atoms with Gasteiger partial charge in [0.1, 0.15) is 6.33 Å². The van der Waals surface area contributed by atoms with Gasteiger partial charge in [0.15, 0.2) is 0 Å². The summed E-state index contributed by atoms with van der Waals surface area (Å²) in [5, 5.41) is 4.33. The number of hydrogen-bond acceptors (Lipinski definition) is 4. The van der Waals surface area contributed by atoms with Crippen LogP contribution in [0.3, 0.4) is 0 Å². The molecule has 6 nitrogen and oxygen atoms in total. The van der Waals surface area contributed by atoms with Crippen molar-refractivity contribution in [3.8, 4) is 0 Å². The van der Waals surface area contributed by atoms with Gasteiger partial charge in [-0.25, -0.2) is 4.68 Å². The summed E-state index contributed by atoms with van der Waals surface area (Å²) < 4.78 is 1.96. The zero-order valence-electron chi connectivity index (χ0n) is 15.5. The molecule has 0 bridgehead atoms. The van der Waals surface area contributed by atoms with E-state index in [2.05, 4.69) is 51.1 Å². The van der Waals surface area contributed by atoms with E-state index in [1.165, 1.54) is 5.56 Å². The van der Waals surface area contributed by atoms with Crippen LogP contribution in [-0.2, 0) is 17.8 Å². The molecule has 26 heavy (non-hydrogen) atoms. The van der Waals surface area contributed by atoms with Crippen molar-refractivity contribution in [3.05, 3.63) is 42.2 Å². The van der Waals surface area contributed by atoms with Gasteiger partial charge in [-0.2, -0.15) is 10.1 Å².